The van der Waals surface area contributed by atoms with Gasteiger partial charge in [0.25, 0.3) is 0 Å². The van der Waals surface area contributed by atoms with E-state index in [-0.39, 0.29) is 11.8 Å². The van der Waals surface area contributed by atoms with Gasteiger partial charge in [-0.2, -0.15) is 5.10 Å². The molecule has 0 aliphatic heterocycles. The lowest BCUT2D eigenvalue weighted by atomic mass is 9.87. The van der Waals surface area contributed by atoms with Crippen LogP contribution in [0.1, 0.15) is 16.9 Å². The smallest absolute Gasteiger partial charge is 0.225 e. The van der Waals surface area contributed by atoms with Crippen LogP contribution in [0, 0.1) is 5.92 Å². The lowest BCUT2D eigenvalue weighted by Crippen LogP contribution is -2.37. The minimum Gasteiger partial charge on any atom is -0.383 e. The van der Waals surface area contributed by atoms with E-state index < -0.39 is 0 Å². The van der Waals surface area contributed by atoms with Crippen LogP contribution in [-0.4, -0.2) is 64.5 Å². The molecule has 0 bridgehead atoms. The summed E-state index contributed by atoms with van der Waals surface area (Å²) in [5.74, 6) is 1.01. The molecule has 1 atom stereocenters. The fraction of sp³-hybridized carbons (Fsp3) is 0.391. The van der Waals surface area contributed by atoms with E-state index in [0.29, 0.717) is 13.2 Å². The van der Waals surface area contributed by atoms with Crippen molar-refractivity contribution in [3.8, 4) is 0 Å². The predicted octanol–water partition coefficient (Wildman–Crippen LogP) is 4.24. The number of thioether (sulfide) groups is 1. The third kappa shape index (κ3) is 4.18. The highest BCUT2D eigenvalue weighted by Gasteiger charge is 2.30. The average molecular weight is 483 g/mol. The van der Waals surface area contributed by atoms with Gasteiger partial charge in [0.2, 0.25) is 5.91 Å². The third-order valence-corrected chi connectivity index (χ3v) is 8.15. The number of hydrogen-bond donors (Lipinski definition) is 2. The number of fused-ring (bicyclic) bond motifs is 4. The second-order valence-corrected chi connectivity index (χ2v) is 10.2. The number of ether oxygens (including phenoxy) is 1. The summed E-state index contributed by atoms with van der Waals surface area (Å²) in [4.78, 5) is 27.2. The zero-order valence-electron chi connectivity index (χ0n) is 18.8. The van der Waals surface area contributed by atoms with E-state index in [4.69, 9.17) is 4.74 Å². The number of nitrogens with one attached hydrogen (secondary N) is 2. The Morgan fingerprint density at radius 2 is 2.27 bits per heavy atom. The second-order valence-electron chi connectivity index (χ2n) is 8.23. The first-order valence-electron chi connectivity index (χ1n) is 10.9. The van der Waals surface area contributed by atoms with Crippen molar-refractivity contribution in [1.29, 1.82) is 0 Å². The molecule has 1 unspecified atom stereocenters. The van der Waals surface area contributed by atoms with Gasteiger partial charge in [-0.3, -0.25) is 9.89 Å². The number of thiophene rings is 1. The Bertz CT molecular complexity index is 1320. The summed E-state index contributed by atoms with van der Waals surface area (Å²) in [6.07, 6.45) is 7.94. The number of amides is 1. The van der Waals surface area contributed by atoms with Crippen molar-refractivity contribution in [1.82, 2.24) is 25.1 Å². The van der Waals surface area contributed by atoms with E-state index in [1.165, 1.54) is 10.4 Å². The topological polar surface area (TPSA) is 96.0 Å². The zero-order chi connectivity index (χ0) is 22.9. The molecule has 1 aromatic carbocycles. The highest BCUT2D eigenvalue weighted by Crippen LogP contribution is 2.41. The summed E-state index contributed by atoms with van der Waals surface area (Å²) < 4.78 is 5.12. The number of likely N-dealkylation sites (N-methyl/N-ethyl adjacent to an activating group) is 1. The van der Waals surface area contributed by atoms with Crippen LogP contribution in [0.5, 0.6) is 0 Å². The highest BCUT2D eigenvalue weighted by atomic mass is 32.2. The molecule has 2 N–H and O–H groups in total. The molecule has 8 nitrogen and oxygen atoms in total. The van der Waals surface area contributed by atoms with Gasteiger partial charge in [-0.1, -0.05) is 0 Å². The number of methoxy groups -OCH3 is 1. The Morgan fingerprint density at radius 3 is 3.09 bits per heavy atom. The molecular formula is C23H26N6O2S2. The summed E-state index contributed by atoms with van der Waals surface area (Å²) in [6.45, 7) is 1.17. The van der Waals surface area contributed by atoms with Crippen LogP contribution in [0.4, 0.5) is 11.5 Å². The number of hydrogen-bond acceptors (Lipinski definition) is 8. The van der Waals surface area contributed by atoms with Crippen molar-refractivity contribution in [2.75, 3.05) is 38.9 Å². The molecular weight excluding hydrogens is 456 g/mol. The molecule has 33 heavy (non-hydrogen) atoms. The Balaban J connectivity index is 1.45. The SMILES string of the molecule is COCCN(C)C(=O)C1CCc2c(sc3ncnc(Nc4cc5cn[nH]c5cc4SC)c23)C1. The Morgan fingerprint density at radius 1 is 1.39 bits per heavy atom. The molecule has 1 amide bonds. The van der Waals surface area contributed by atoms with Crippen molar-refractivity contribution in [3.63, 3.8) is 0 Å². The van der Waals surface area contributed by atoms with Crippen LogP contribution < -0.4 is 5.32 Å². The number of carbonyl (C=O) groups excluding carboxylic acids is 1. The summed E-state index contributed by atoms with van der Waals surface area (Å²) in [7, 11) is 3.51. The largest absolute Gasteiger partial charge is 0.383 e. The zero-order valence-corrected chi connectivity index (χ0v) is 20.5. The quantitative estimate of drug-likeness (QED) is 0.380. The molecule has 0 spiro atoms. The number of carbonyl (C=O) groups is 1. The van der Waals surface area contributed by atoms with E-state index in [2.05, 4.69) is 43.9 Å². The molecule has 172 valence electrons. The van der Waals surface area contributed by atoms with Crippen LogP contribution in [0.2, 0.25) is 0 Å². The first-order valence-corrected chi connectivity index (χ1v) is 12.9. The Hall–Kier alpha value is -2.69. The van der Waals surface area contributed by atoms with Gasteiger partial charge in [-0.15, -0.1) is 23.1 Å². The van der Waals surface area contributed by atoms with Gasteiger partial charge in [0.15, 0.2) is 0 Å². The van der Waals surface area contributed by atoms with Crippen molar-refractivity contribution in [3.05, 3.63) is 35.1 Å². The van der Waals surface area contributed by atoms with Crippen molar-refractivity contribution in [2.24, 2.45) is 5.92 Å². The lowest BCUT2D eigenvalue weighted by Gasteiger charge is -2.26. The molecule has 4 aromatic rings. The van der Waals surface area contributed by atoms with E-state index in [0.717, 1.165) is 56.8 Å². The standard InChI is InChI=1S/C23H26N6O2S2/c1-29(6-7-31-2)23(30)13-4-5-15-18(9-13)33-22-20(15)21(24-12-25-22)27-17-8-14-11-26-28-16(14)10-19(17)32-3/h8,10-13H,4-7,9H2,1-3H3,(H,26,28)(H,24,25,27). The van der Waals surface area contributed by atoms with Crippen molar-refractivity contribution in [2.45, 2.75) is 24.2 Å². The van der Waals surface area contributed by atoms with Crippen LogP contribution in [-0.2, 0) is 22.4 Å². The maximum atomic E-state index is 12.9. The fourth-order valence-electron chi connectivity index (χ4n) is 4.43. The second kappa shape index (κ2) is 9.28. The monoisotopic (exact) mass is 482 g/mol. The molecule has 1 aliphatic rings. The lowest BCUT2D eigenvalue weighted by molar-refractivity contribution is -0.135. The van der Waals surface area contributed by atoms with E-state index >= 15 is 0 Å². The Labute approximate surface area is 200 Å². The van der Waals surface area contributed by atoms with Gasteiger partial charge in [0, 0.05) is 41.8 Å². The average Bonchev–Trinajstić information content (AvgIpc) is 3.45. The molecule has 3 aromatic heterocycles. The highest BCUT2D eigenvalue weighted by molar-refractivity contribution is 7.98. The summed E-state index contributed by atoms with van der Waals surface area (Å²) >= 11 is 3.36. The van der Waals surface area contributed by atoms with Crippen molar-refractivity contribution >= 4 is 61.6 Å². The maximum Gasteiger partial charge on any atom is 0.225 e. The maximum absolute atomic E-state index is 12.9. The number of benzene rings is 1. The van der Waals surface area contributed by atoms with E-state index in [1.54, 1.807) is 41.4 Å². The van der Waals surface area contributed by atoms with Crippen LogP contribution in [0.25, 0.3) is 21.1 Å². The fourth-order valence-corrected chi connectivity index (χ4v) is 6.26. The summed E-state index contributed by atoms with van der Waals surface area (Å²) in [5, 5.41) is 12.9. The molecule has 0 fully saturated rings. The van der Waals surface area contributed by atoms with Gasteiger partial charge in [0.1, 0.15) is 17.0 Å². The van der Waals surface area contributed by atoms with Gasteiger partial charge in [0.05, 0.1) is 29.4 Å². The summed E-state index contributed by atoms with van der Waals surface area (Å²) in [5.41, 5.74) is 3.29. The first kappa shape index (κ1) is 22.1. The number of nitrogens with zero attached hydrogens (tertiary/aromatic N) is 4. The van der Waals surface area contributed by atoms with Crippen LogP contribution >= 0.6 is 23.1 Å². The molecule has 0 saturated carbocycles. The van der Waals surface area contributed by atoms with E-state index in [9.17, 15) is 4.79 Å². The first-order chi connectivity index (χ1) is 16.1. The Kier molecular flexibility index (Phi) is 6.22. The number of aromatic nitrogens is 4. The number of aromatic amines is 1. The molecule has 5 rings (SSSR count). The van der Waals surface area contributed by atoms with Crippen LogP contribution in [0.3, 0.4) is 0 Å². The molecule has 1 aliphatic carbocycles. The molecule has 3 heterocycles. The number of H-pyrrole nitrogens is 1. The van der Waals surface area contributed by atoms with Crippen molar-refractivity contribution < 1.29 is 9.53 Å². The third-order valence-electron chi connectivity index (χ3n) is 6.21. The number of anilines is 2. The van der Waals surface area contributed by atoms with Gasteiger partial charge >= 0.3 is 0 Å². The van der Waals surface area contributed by atoms with Gasteiger partial charge in [-0.05, 0) is 43.2 Å². The van der Waals surface area contributed by atoms with Gasteiger partial charge in [-0.25, -0.2) is 9.97 Å². The number of aryl methyl sites for hydroxylation is 1. The minimum absolute atomic E-state index is 0.00313. The van der Waals surface area contributed by atoms with E-state index in [1.807, 2.05) is 13.2 Å². The van der Waals surface area contributed by atoms with Gasteiger partial charge < -0.3 is 15.0 Å². The molecule has 0 saturated heterocycles. The normalized spacial score (nSPS) is 15.7. The molecule has 0 radical (unpaired) electrons. The minimum atomic E-state index is 0.00313. The molecule has 10 heteroatoms. The summed E-state index contributed by atoms with van der Waals surface area (Å²) in [6, 6.07) is 4.20. The predicted molar refractivity (Wildman–Crippen MR) is 134 cm³/mol. The number of rotatable bonds is 7. The van der Waals surface area contributed by atoms with Crippen LogP contribution in [0.15, 0.2) is 29.6 Å².